The Balaban J connectivity index is 1.59. The Hall–Kier alpha value is -2.80. The van der Waals surface area contributed by atoms with Crippen molar-refractivity contribution in [3.05, 3.63) is 54.0 Å². The summed E-state index contributed by atoms with van der Waals surface area (Å²) in [5.74, 6) is -0.0673. The van der Waals surface area contributed by atoms with Gasteiger partial charge in [-0.05, 0) is 12.1 Å². The minimum absolute atomic E-state index is 0.0168. The molecule has 0 unspecified atom stereocenters. The van der Waals surface area contributed by atoms with Gasteiger partial charge in [-0.25, -0.2) is 4.98 Å². The third-order valence-corrected chi connectivity index (χ3v) is 4.67. The van der Waals surface area contributed by atoms with Crippen LogP contribution in [0, 0.1) is 0 Å². The highest BCUT2D eigenvalue weighted by atomic mass is 16.5. The minimum atomic E-state index is -0.0962. The average Bonchev–Trinajstić information content (AvgIpc) is 3.26. The number of benzene rings is 1. The lowest BCUT2D eigenvalue weighted by Crippen LogP contribution is -2.30. The molecule has 2 atom stereocenters. The Morgan fingerprint density at radius 1 is 1.20 bits per heavy atom. The van der Waals surface area contributed by atoms with Crippen molar-refractivity contribution >= 4 is 16.8 Å². The fourth-order valence-electron chi connectivity index (χ4n) is 3.34. The van der Waals surface area contributed by atoms with Gasteiger partial charge in [0.05, 0.1) is 23.2 Å². The third kappa shape index (κ3) is 2.87. The van der Waals surface area contributed by atoms with E-state index in [-0.39, 0.29) is 17.9 Å². The van der Waals surface area contributed by atoms with Crippen molar-refractivity contribution in [1.29, 1.82) is 0 Å². The van der Waals surface area contributed by atoms with Gasteiger partial charge in [0, 0.05) is 38.8 Å². The molecule has 1 amide bonds. The summed E-state index contributed by atoms with van der Waals surface area (Å²) in [6.07, 6.45) is 1.78. The lowest BCUT2D eigenvalue weighted by Gasteiger charge is -2.15. The molecule has 25 heavy (non-hydrogen) atoms. The van der Waals surface area contributed by atoms with Crippen LogP contribution in [-0.4, -0.2) is 57.1 Å². The summed E-state index contributed by atoms with van der Waals surface area (Å²) >= 11 is 0. The molecule has 1 saturated heterocycles. The predicted octanol–water partition coefficient (Wildman–Crippen LogP) is 1.62. The number of para-hydroxylation sites is 1. The lowest BCUT2D eigenvalue weighted by atomic mass is 10.0. The molecule has 7 nitrogen and oxygen atoms in total. The summed E-state index contributed by atoms with van der Waals surface area (Å²) in [6.45, 7) is 1.07. The molecule has 0 radical (unpaired) electrons. The topological polar surface area (TPSA) is 73.1 Å². The normalized spacial score (nSPS) is 20.3. The van der Waals surface area contributed by atoms with Crippen LogP contribution in [-0.2, 0) is 11.8 Å². The van der Waals surface area contributed by atoms with E-state index in [4.69, 9.17) is 4.74 Å². The van der Waals surface area contributed by atoms with E-state index in [1.54, 1.807) is 22.8 Å². The molecular formula is C18H19N5O2. The summed E-state index contributed by atoms with van der Waals surface area (Å²) in [4.78, 5) is 19.2. The predicted molar refractivity (Wildman–Crippen MR) is 92.2 cm³/mol. The maximum Gasteiger partial charge on any atom is 0.272 e. The van der Waals surface area contributed by atoms with Gasteiger partial charge in [-0.1, -0.05) is 29.5 Å². The van der Waals surface area contributed by atoms with E-state index in [9.17, 15) is 4.79 Å². The van der Waals surface area contributed by atoms with Gasteiger partial charge < -0.3 is 9.64 Å². The summed E-state index contributed by atoms with van der Waals surface area (Å²) < 4.78 is 7.25. The van der Waals surface area contributed by atoms with Gasteiger partial charge in [-0.15, -0.1) is 5.10 Å². The molecule has 7 heteroatoms. The van der Waals surface area contributed by atoms with E-state index in [1.807, 2.05) is 43.6 Å². The van der Waals surface area contributed by atoms with Crippen molar-refractivity contribution < 1.29 is 9.53 Å². The summed E-state index contributed by atoms with van der Waals surface area (Å²) in [7, 11) is 3.49. The highest BCUT2D eigenvalue weighted by Gasteiger charge is 2.38. The minimum Gasteiger partial charge on any atom is -0.379 e. The molecule has 1 aromatic carbocycles. The summed E-state index contributed by atoms with van der Waals surface area (Å²) in [5.41, 5.74) is 2.12. The van der Waals surface area contributed by atoms with Crippen molar-refractivity contribution in [2.24, 2.45) is 7.05 Å². The zero-order valence-corrected chi connectivity index (χ0v) is 14.2. The Bertz CT molecular complexity index is 922. The monoisotopic (exact) mass is 337 g/mol. The second-order valence-corrected chi connectivity index (χ2v) is 6.30. The van der Waals surface area contributed by atoms with Gasteiger partial charge in [-0.2, -0.15) is 0 Å². The lowest BCUT2D eigenvalue weighted by molar-refractivity contribution is 0.0709. The second-order valence-electron chi connectivity index (χ2n) is 6.30. The van der Waals surface area contributed by atoms with Crippen LogP contribution in [0.3, 0.4) is 0 Å². The van der Waals surface area contributed by atoms with Gasteiger partial charge in [0.15, 0.2) is 0 Å². The third-order valence-electron chi connectivity index (χ3n) is 4.67. The van der Waals surface area contributed by atoms with Crippen LogP contribution in [0.5, 0.6) is 0 Å². The van der Waals surface area contributed by atoms with Crippen molar-refractivity contribution in [2.75, 3.05) is 20.2 Å². The number of carbonyl (C=O) groups is 1. The Morgan fingerprint density at radius 2 is 2.04 bits per heavy atom. The van der Waals surface area contributed by atoms with Gasteiger partial charge in [0.2, 0.25) is 0 Å². The highest BCUT2D eigenvalue weighted by Crippen LogP contribution is 2.29. The maximum atomic E-state index is 12.9. The number of methoxy groups -OCH3 is 1. The first-order valence-corrected chi connectivity index (χ1v) is 8.20. The molecule has 0 N–H and O–H groups in total. The quantitative estimate of drug-likeness (QED) is 0.726. The van der Waals surface area contributed by atoms with E-state index < -0.39 is 0 Å². The first kappa shape index (κ1) is 15.7. The standard InChI is InChI=1S/C18H19N5O2/c1-22-10-16(20-21-22)13-9-23(11-17(13)25-2)18(24)15-8-7-12-5-3-4-6-14(12)19-15/h3-8,10,13,17H,9,11H2,1-2H3/t13-,17+/m0/s1. The summed E-state index contributed by atoms with van der Waals surface area (Å²) in [6, 6.07) is 11.5. The smallest absolute Gasteiger partial charge is 0.272 e. The number of pyridine rings is 1. The molecule has 3 heterocycles. The van der Waals surface area contributed by atoms with Gasteiger partial charge >= 0.3 is 0 Å². The van der Waals surface area contributed by atoms with Crippen LogP contribution >= 0.6 is 0 Å². The first-order chi connectivity index (χ1) is 12.2. The number of ether oxygens (including phenoxy) is 1. The molecule has 0 spiro atoms. The Labute approximate surface area is 145 Å². The van der Waals surface area contributed by atoms with Crippen LogP contribution in [0.4, 0.5) is 0 Å². The number of rotatable bonds is 3. The summed E-state index contributed by atoms with van der Waals surface area (Å²) in [5, 5.41) is 9.19. The Kier molecular flexibility index (Phi) is 3.93. The van der Waals surface area contributed by atoms with Crippen molar-refractivity contribution in [3.63, 3.8) is 0 Å². The number of aryl methyl sites for hydroxylation is 1. The van der Waals surface area contributed by atoms with Crippen LogP contribution in [0.1, 0.15) is 22.1 Å². The van der Waals surface area contributed by atoms with Crippen molar-refractivity contribution in [1.82, 2.24) is 24.9 Å². The number of nitrogens with zero attached hydrogens (tertiary/aromatic N) is 5. The molecule has 0 saturated carbocycles. The molecule has 0 bridgehead atoms. The van der Waals surface area contributed by atoms with E-state index >= 15 is 0 Å². The number of carbonyl (C=O) groups excluding carboxylic acids is 1. The van der Waals surface area contributed by atoms with Crippen molar-refractivity contribution in [2.45, 2.75) is 12.0 Å². The molecule has 0 aliphatic carbocycles. The molecule has 1 aliphatic heterocycles. The molecular weight excluding hydrogens is 318 g/mol. The number of hydrogen-bond donors (Lipinski definition) is 0. The SMILES string of the molecule is CO[C@@H]1CN(C(=O)c2ccc3ccccc3n2)C[C@H]1c1cn(C)nn1. The zero-order valence-electron chi connectivity index (χ0n) is 14.2. The van der Waals surface area contributed by atoms with Crippen LogP contribution < -0.4 is 0 Å². The maximum absolute atomic E-state index is 12.9. The fraction of sp³-hybridized carbons (Fsp3) is 0.333. The highest BCUT2D eigenvalue weighted by molar-refractivity contribution is 5.95. The van der Waals surface area contributed by atoms with E-state index in [0.717, 1.165) is 16.6 Å². The largest absolute Gasteiger partial charge is 0.379 e. The van der Waals surface area contributed by atoms with E-state index in [0.29, 0.717) is 18.8 Å². The molecule has 3 aromatic rings. The van der Waals surface area contributed by atoms with Gasteiger partial charge in [0.1, 0.15) is 5.69 Å². The molecule has 2 aromatic heterocycles. The number of hydrogen-bond acceptors (Lipinski definition) is 5. The van der Waals surface area contributed by atoms with Crippen molar-refractivity contribution in [3.8, 4) is 0 Å². The number of amides is 1. The van der Waals surface area contributed by atoms with Crippen LogP contribution in [0.25, 0.3) is 10.9 Å². The Morgan fingerprint density at radius 3 is 2.80 bits per heavy atom. The fourth-order valence-corrected chi connectivity index (χ4v) is 3.34. The van der Waals surface area contributed by atoms with E-state index in [1.165, 1.54) is 0 Å². The average molecular weight is 337 g/mol. The molecule has 128 valence electrons. The van der Waals surface area contributed by atoms with E-state index in [2.05, 4.69) is 15.3 Å². The number of likely N-dealkylation sites (tertiary alicyclic amines) is 1. The zero-order chi connectivity index (χ0) is 17.4. The van der Waals surface area contributed by atoms with Crippen LogP contribution in [0.15, 0.2) is 42.6 Å². The van der Waals surface area contributed by atoms with Crippen LogP contribution in [0.2, 0.25) is 0 Å². The first-order valence-electron chi connectivity index (χ1n) is 8.20. The number of aromatic nitrogens is 4. The molecule has 4 rings (SSSR count). The molecule has 1 fully saturated rings. The second kappa shape index (κ2) is 6.25. The molecule has 1 aliphatic rings. The van der Waals surface area contributed by atoms with Gasteiger partial charge in [0.25, 0.3) is 5.91 Å². The number of fused-ring (bicyclic) bond motifs is 1. The van der Waals surface area contributed by atoms with Gasteiger partial charge in [-0.3, -0.25) is 9.48 Å².